The molecule has 4 aromatic heterocycles. The van der Waals surface area contributed by atoms with Crippen molar-refractivity contribution >= 4 is 150 Å². The van der Waals surface area contributed by atoms with Gasteiger partial charge in [0.05, 0.1) is 45.5 Å². The highest BCUT2D eigenvalue weighted by atomic mass is 32.2. The van der Waals surface area contributed by atoms with Gasteiger partial charge in [-0.3, -0.25) is 74.6 Å². The van der Waals surface area contributed by atoms with Gasteiger partial charge in [0.1, 0.15) is 84.7 Å². The predicted octanol–water partition coefficient (Wildman–Crippen LogP) is -3.22. The molecule has 2 aliphatic heterocycles. The number of rotatable bonds is 42. The molecule has 51 nitrogen and oxygen atoms in total. The number of carboxylic acid groups (broad SMARTS) is 1. The monoisotopic (exact) mass is 1700 g/mol. The van der Waals surface area contributed by atoms with Crippen molar-refractivity contribution in [3.63, 3.8) is 0 Å². The fourth-order valence-electron chi connectivity index (χ4n) is 9.02. The molecule has 2 saturated heterocycles. The van der Waals surface area contributed by atoms with E-state index in [1.165, 1.54) is 34.6 Å². The van der Waals surface area contributed by atoms with E-state index in [1.807, 2.05) is 0 Å². The molecule has 108 heavy (non-hydrogen) atoms. The standard InChI is InChI=1S/C25H40N7O18P3S.C24H38N7O19P3S/c1-13(33)8-16(35)54-7-6-27-15(34)4-5-28-23(38)20(37)25(2,3)10-47-53(44,45)50-52(42,43)46-9-14-19(49-51(39,40)41)18(36)24(48-14)32-12-31-17-21(26)29-11-30-22(17)32;1-24(2,19(37)22(38)27-4-3-13(32)26-5-6-54-15(35)7-14(33)34)9-47-53(44,45)50-52(42,43)46-8-12-18(49-51(39,40)41)17(36)23(48-12)31-11-30-16-20(25)28-10-29-21(16)31/h11-12,14,18-20,24,36-37H,4-10H2,1-3H3,(H,27,34)(H,28,38)(H,42,43)(H,44,45)(H2,26,29,30)(H2,39,40,41);10-12,17-19,23,36-37H,3-9H2,1-2H3,(H,26,32)(H,27,38)(H,33,34)(H,42,43)(H,44,45)(H2,25,28,29)(H2,39,40,41)/t14-,18-,19-,20+,24-;12-,17-,18-,19+,23-/m11/s1. The average Bonchev–Trinajstić information content (AvgIpc) is 1.62. The fraction of sp³-hybridized carbons (Fsp3) is 0.633. The third-order valence-electron chi connectivity index (χ3n) is 14.2. The van der Waals surface area contributed by atoms with Crippen LogP contribution in [0, 0.1) is 10.8 Å². The molecule has 14 atom stereocenters. The molecule has 0 bridgehead atoms. The van der Waals surface area contributed by atoms with E-state index in [2.05, 4.69) is 68.8 Å². The zero-order valence-electron chi connectivity index (χ0n) is 56.8. The van der Waals surface area contributed by atoms with E-state index in [1.54, 1.807) is 0 Å². The van der Waals surface area contributed by atoms with Crippen molar-refractivity contribution in [2.24, 2.45) is 10.8 Å². The highest BCUT2D eigenvalue weighted by molar-refractivity contribution is 8.14. The zero-order valence-corrected chi connectivity index (χ0v) is 63.8. The van der Waals surface area contributed by atoms with Gasteiger partial charge in [0.15, 0.2) is 45.6 Å². The molecule has 6 rings (SSSR count). The van der Waals surface area contributed by atoms with Gasteiger partial charge in [-0.25, -0.2) is 57.3 Å². The smallest absolute Gasteiger partial charge is 0.481 e. The van der Waals surface area contributed by atoms with Crippen LogP contribution in [-0.2, 0) is 111 Å². The lowest BCUT2D eigenvalue weighted by Crippen LogP contribution is -2.46. The van der Waals surface area contributed by atoms with Crippen LogP contribution in [0.25, 0.3) is 22.3 Å². The first kappa shape index (κ1) is 92.9. The Labute approximate surface area is 616 Å². The van der Waals surface area contributed by atoms with Gasteiger partial charge in [-0.15, -0.1) is 0 Å². The summed E-state index contributed by atoms with van der Waals surface area (Å²) >= 11 is 1.60. The molecule has 0 aromatic carbocycles. The lowest BCUT2D eigenvalue weighted by Gasteiger charge is -2.30. The molecule has 0 radical (unpaired) electrons. The van der Waals surface area contributed by atoms with Crippen LogP contribution >= 0.6 is 70.5 Å². The second-order valence-electron chi connectivity index (χ2n) is 24.0. The van der Waals surface area contributed by atoms with E-state index in [0.29, 0.717) is 0 Å². The number of nitrogens with zero attached hydrogens (tertiary/aromatic N) is 8. The Balaban J connectivity index is 0.000000387. The molecule has 2 aliphatic rings. The number of amides is 4. The number of ketones is 1. The van der Waals surface area contributed by atoms with Gasteiger partial charge in [-0.2, -0.15) is 8.62 Å². The molecule has 4 unspecified atom stereocenters. The topological polar surface area (TPSA) is 782 Å². The minimum atomic E-state index is -5.59. The maximum absolute atomic E-state index is 12.6. The van der Waals surface area contributed by atoms with Crippen molar-refractivity contribution in [2.75, 3.05) is 75.6 Å². The number of nitrogen functional groups attached to an aromatic ring is 2. The molecule has 2 fully saturated rings. The third kappa shape index (κ3) is 29.7. The molecule has 59 heteroatoms. The van der Waals surface area contributed by atoms with Crippen LogP contribution in [0.5, 0.6) is 0 Å². The number of ether oxygens (including phenoxy) is 2. The highest BCUT2D eigenvalue weighted by Gasteiger charge is 2.53. The molecular weight excluding hydrogens is 1630 g/mol. The number of Topliss-reactive ketones (excluding diaryl/α,β-unsaturated/α-hetero) is 1. The third-order valence-corrected chi connectivity index (χ3v) is 22.2. The molecule has 0 aliphatic carbocycles. The number of carbonyl (C=O) groups is 8. The van der Waals surface area contributed by atoms with Gasteiger partial charge in [0.25, 0.3) is 0 Å². The minimum Gasteiger partial charge on any atom is -0.481 e. The number of nitrogens with one attached hydrogen (secondary N) is 4. The van der Waals surface area contributed by atoms with Gasteiger partial charge in [0, 0.05) is 61.4 Å². The summed E-state index contributed by atoms with van der Waals surface area (Å²) in [6.07, 6.45) is -15.0. The molecule has 4 aromatic rings. The summed E-state index contributed by atoms with van der Waals surface area (Å²) in [6.45, 7) is 1.71. The summed E-state index contributed by atoms with van der Waals surface area (Å²) in [5.74, 6) is -4.40. The van der Waals surface area contributed by atoms with Gasteiger partial charge >= 0.3 is 52.9 Å². The first-order valence-electron chi connectivity index (χ1n) is 30.6. The number of hydrogen-bond acceptors (Lipinski definition) is 38. The summed E-state index contributed by atoms with van der Waals surface area (Å²) in [4.78, 5) is 195. The molecular formula is C49H78N14O37P6S2. The minimum absolute atomic E-state index is 0.0185. The van der Waals surface area contributed by atoms with Crippen LogP contribution in [0.2, 0.25) is 0 Å². The molecule has 608 valence electrons. The summed E-state index contributed by atoms with van der Waals surface area (Å²) in [7, 11) is -32.8. The number of phosphoric ester groups is 6. The molecule has 21 N–H and O–H groups in total. The number of aliphatic hydroxyl groups is 4. The Morgan fingerprint density at radius 2 is 0.898 bits per heavy atom. The van der Waals surface area contributed by atoms with Crippen molar-refractivity contribution in [3.05, 3.63) is 25.3 Å². The predicted molar refractivity (Wildman–Crippen MR) is 362 cm³/mol. The maximum atomic E-state index is 12.6. The number of aliphatic carboxylic acids is 1. The van der Waals surface area contributed by atoms with Gasteiger partial charge in [-0.05, 0) is 6.92 Å². The summed E-state index contributed by atoms with van der Waals surface area (Å²) in [5.41, 5.74) is 8.41. The van der Waals surface area contributed by atoms with Crippen LogP contribution in [0.15, 0.2) is 25.3 Å². The van der Waals surface area contributed by atoms with Gasteiger partial charge in [-0.1, -0.05) is 51.2 Å². The molecule has 0 spiro atoms. The second-order valence-corrected chi connectivity index (χ2v) is 34.8. The van der Waals surface area contributed by atoms with Crippen molar-refractivity contribution in [2.45, 2.75) is 122 Å². The van der Waals surface area contributed by atoms with E-state index in [0.717, 1.165) is 58.0 Å². The summed E-state index contributed by atoms with van der Waals surface area (Å²) in [5, 5.41) is 59.8. The van der Waals surface area contributed by atoms with E-state index in [4.69, 9.17) is 44.1 Å². The number of aromatic nitrogens is 8. The SMILES string of the molecule is CC(=O)CC(=O)SCCNC(=O)CCNC(=O)[C@H](O)C(C)(C)COP(=O)(O)OP(=O)(O)OC[C@H]1O[C@@H](n2cnc3c(N)ncnc32)[C@H](O)[C@@H]1OP(=O)(O)O.CC(C)(COP(=O)(O)OP(=O)(O)OC[C@H]1O[C@@H](n2cnc3c(N)ncnc32)[C@H](O)[C@@H]1OP(=O)(O)O)[C@@H](O)C(=O)NCCC(=O)NCCSC(=O)CC(=O)O. The number of carboxylic acids is 1. The average molecular weight is 1710 g/mol. The first-order chi connectivity index (χ1) is 49.8. The van der Waals surface area contributed by atoms with Crippen LogP contribution in [0.1, 0.15) is 72.8 Å². The Bertz CT molecular complexity index is 3910. The number of hydrogen-bond donors (Lipinski definition) is 19. The number of aliphatic hydroxyl groups excluding tert-OH is 4. The lowest BCUT2D eigenvalue weighted by molar-refractivity contribution is -0.139. The van der Waals surface area contributed by atoms with Crippen molar-refractivity contribution in [1.29, 1.82) is 0 Å². The highest BCUT2D eigenvalue weighted by Crippen LogP contribution is 2.63. The van der Waals surface area contributed by atoms with Gasteiger partial charge in [0.2, 0.25) is 23.6 Å². The van der Waals surface area contributed by atoms with Crippen LogP contribution in [0.4, 0.5) is 11.6 Å². The molecule has 0 saturated carbocycles. The number of fused-ring (bicyclic) bond motifs is 2. The van der Waals surface area contributed by atoms with Crippen LogP contribution in [0.3, 0.4) is 0 Å². The largest absolute Gasteiger partial charge is 0.481 e. The Hall–Kier alpha value is -5.74. The number of thioether (sulfide) groups is 2. The van der Waals surface area contributed by atoms with Crippen LogP contribution < -0.4 is 32.7 Å². The second kappa shape index (κ2) is 39.6. The van der Waals surface area contributed by atoms with Gasteiger partial charge < -0.3 is 107 Å². The Kier molecular flexibility index (Phi) is 34.1. The Morgan fingerprint density at radius 3 is 1.24 bits per heavy atom. The van der Waals surface area contributed by atoms with Crippen molar-refractivity contribution in [3.8, 4) is 0 Å². The lowest BCUT2D eigenvalue weighted by atomic mass is 9.87. The van der Waals surface area contributed by atoms with E-state index in [9.17, 15) is 125 Å². The fourth-order valence-corrected chi connectivity index (χ4v) is 16.1. The van der Waals surface area contributed by atoms with E-state index >= 15 is 0 Å². The number of phosphoric acid groups is 6. The molecule has 6 heterocycles. The van der Waals surface area contributed by atoms with E-state index < -0.39 is 187 Å². The van der Waals surface area contributed by atoms with Crippen molar-refractivity contribution in [1.82, 2.24) is 60.3 Å². The molecule has 4 amide bonds. The zero-order chi connectivity index (χ0) is 81.3. The maximum Gasteiger partial charge on any atom is 0.481 e. The summed E-state index contributed by atoms with van der Waals surface area (Å²) < 4.78 is 124. The normalized spacial score (nSPS) is 21.9. The number of nitrogens with two attached hydrogens (primary N) is 2. The Morgan fingerprint density at radius 1 is 0.546 bits per heavy atom. The van der Waals surface area contributed by atoms with E-state index in [-0.39, 0.29) is 102 Å². The van der Waals surface area contributed by atoms with Crippen molar-refractivity contribution < 1.29 is 176 Å². The number of imidazole rings is 2. The number of anilines is 2. The number of carbonyl (C=O) groups excluding carboxylic acids is 7. The summed E-state index contributed by atoms with van der Waals surface area (Å²) in [6, 6.07) is 0. The van der Waals surface area contributed by atoms with Crippen LogP contribution in [-0.4, -0.2) is 262 Å². The quantitative estimate of drug-likeness (QED) is 0.0118. The first-order valence-corrected chi connectivity index (χ1v) is 41.6.